The van der Waals surface area contributed by atoms with Crippen molar-refractivity contribution in [3.05, 3.63) is 35.4 Å². The average molecular weight is 181 g/mol. The lowest BCUT2D eigenvalue weighted by Crippen LogP contribution is -2.19. The predicted octanol–water partition coefficient (Wildman–Crippen LogP) is 0.946. The molecule has 3 N–H and O–H groups in total. The van der Waals surface area contributed by atoms with Gasteiger partial charge < -0.3 is 15.5 Å². The fourth-order valence-electron chi connectivity index (χ4n) is 1.02. The SMILES string of the molecule is O=C(O)NCc1cccc(CO)c1. The van der Waals surface area contributed by atoms with Crippen molar-refractivity contribution in [3.63, 3.8) is 0 Å². The van der Waals surface area contributed by atoms with Gasteiger partial charge in [-0.3, -0.25) is 0 Å². The molecule has 0 spiro atoms. The van der Waals surface area contributed by atoms with Crippen LogP contribution in [0.5, 0.6) is 0 Å². The van der Waals surface area contributed by atoms with E-state index in [0.29, 0.717) is 0 Å². The fourth-order valence-corrected chi connectivity index (χ4v) is 1.02. The van der Waals surface area contributed by atoms with Gasteiger partial charge in [0, 0.05) is 6.54 Å². The Labute approximate surface area is 75.8 Å². The summed E-state index contributed by atoms with van der Waals surface area (Å²) in [5.41, 5.74) is 1.62. The summed E-state index contributed by atoms with van der Waals surface area (Å²) in [5.74, 6) is 0. The summed E-state index contributed by atoms with van der Waals surface area (Å²) in [6.07, 6.45) is -1.05. The molecule has 0 unspecified atom stereocenters. The molecule has 1 aromatic carbocycles. The lowest BCUT2D eigenvalue weighted by Gasteiger charge is -2.02. The first-order valence-corrected chi connectivity index (χ1v) is 3.88. The Morgan fingerprint density at radius 3 is 2.69 bits per heavy atom. The van der Waals surface area contributed by atoms with Gasteiger partial charge in [0.05, 0.1) is 6.61 Å². The Balaban J connectivity index is 2.61. The van der Waals surface area contributed by atoms with E-state index in [1.54, 1.807) is 24.3 Å². The van der Waals surface area contributed by atoms with Crippen molar-refractivity contribution in [3.8, 4) is 0 Å². The van der Waals surface area contributed by atoms with Crippen LogP contribution in [0.3, 0.4) is 0 Å². The van der Waals surface area contributed by atoms with Crippen LogP contribution < -0.4 is 5.32 Å². The highest BCUT2D eigenvalue weighted by atomic mass is 16.4. The maximum atomic E-state index is 10.2. The second kappa shape index (κ2) is 4.47. The number of aliphatic hydroxyl groups excluding tert-OH is 1. The van der Waals surface area contributed by atoms with E-state index >= 15 is 0 Å². The molecular weight excluding hydrogens is 170 g/mol. The molecule has 0 aliphatic carbocycles. The van der Waals surface area contributed by atoms with Crippen LogP contribution in [0.4, 0.5) is 4.79 Å². The molecule has 4 nitrogen and oxygen atoms in total. The van der Waals surface area contributed by atoms with E-state index in [2.05, 4.69) is 5.32 Å². The molecule has 0 saturated heterocycles. The molecule has 0 saturated carbocycles. The largest absolute Gasteiger partial charge is 0.465 e. The molecule has 0 bridgehead atoms. The molecule has 0 fully saturated rings. The number of carboxylic acid groups (broad SMARTS) is 1. The van der Waals surface area contributed by atoms with E-state index in [0.717, 1.165) is 11.1 Å². The van der Waals surface area contributed by atoms with Gasteiger partial charge in [-0.1, -0.05) is 24.3 Å². The van der Waals surface area contributed by atoms with Crippen molar-refractivity contribution >= 4 is 6.09 Å². The van der Waals surface area contributed by atoms with E-state index in [4.69, 9.17) is 10.2 Å². The summed E-state index contributed by atoms with van der Waals surface area (Å²) < 4.78 is 0. The number of carbonyl (C=O) groups is 1. The van der Waals surface area contributed by atoms with Gasteiger partial charge in [-0.05, 0) is 11.1 Å². The zero-order valence-corrected chi connectivity index (χ0v) is 7.03. The van der Waals surface area contributed by atoms with E-state index in [1.165, 1.54) is 0 Å². The van der Waals surface area contributed by atoms with Crippen LogP contribution in [0.2, 0.25) is 0 Å². The zero-order valence-electron chi connectivity index (χ0n) is 7.03. The second-order valence-corrected chi connectivity index (χ2v) is 2.64. The second-order valence-electron chi connectivity index (χ2n) is 2.64. The van der Waals surface area contributed by atoms with Crippen LogP contribution in [0.1, 0.15) is 11.1 Å². The van der Waals surface area contributed by atoms with Crippen LogP contribution in [0.15, 0.2) is 24.3 Å². The number of nitrogens with one attached hydrogen (secondary N) is 1. The van der Waals surface area contributed by atoms with Crippen LogP contribution in [-0.2, 0) is 13.2 Å². The Bertz CT molecular complexity index is 299. The van der Waals surface area contributed by atoms with Gasteiger partial charge in [0.25, 0.3) is 0 Å². The minimum Gasteiger partial charge on any atom is -0.465 e. The van der Waals surface area contributed by atoms with Crippen molar-refractivity contribution < 1.29 is 15.0 Å². The van der Waals surface area contributed by atoms with Crippen LogP contribution in [0.25, 0.3) is 0 Å². The fraction of sp³-hybridized carbons (Fsp3) is 0.222. The van der Waals surface area contributed by atoms with Gasteiger partial charge in [-0.25, -0.2) is 4.79 Å². The number of hydrogen-bond donors (Lipinski definition) is 3. The quantitative estimate of drug-likeness (QED) is 0.650. The number of rotatable bonds is 3. The lowest BCUT2D eigenvalue weighted by molar-refractivity contribution is 0.194. The van der Waals surface area contributed by atoms with Gasteiger partial charge in [-0.2, -0.15) is 0 Å². The highest BCUT2D eigenvalue weighted by Crippen LogP contribution is 2.04. The Morgan fingerprint density at radius 2 is 2.08 bits per heavy atom. The van der Waals surface area contributed by atoms with Gasteiger partial charge in [0.15, 0.2) is 0 Å². The molecule has 0 aliphatic rings. The van der Waals surface area contributed by atoms with Gasteiger partial charge >= 0.3 is 6.09 Å². The monoisotopic (exact) mass is 181 g/mol. The molecule has 1 aromatic rings. The van der Waals surface area contributed by atoms with E-state index in [9.17, 15) is 4.79 Å². The molecule has 70 valence electrons. The van der Waals surface area contributed by atoms with Crippen molar-refractivity contribution in [2.45, 2.75) is 13.2 Å². The summed E-state index contributed by atoms with van der Waals surface area (Å²) in [5, 5.41) is 19.4. The summed E-state index contributed by atoms with van der Waals surface area (Å²) in [4.78, 5) is 10.2. The molecule has 1 amide bonds. The molecule has 0 atom stereocenters. The van der Waals surface area contributed by atoms with Crippen molar-refractivity contribution in [1.29, 1.82) is 0 Å². The standard InChI is InChI=1S/C9H11NO3/c11-6-8-3-1-2-7(4-8)5-10-9(12)13/h1-4,10-11H,5-6H2,(H,12,13). The van der Waals surface area contributed by atoms with Gasteiger partial charge in [0.1, 0.15) is 0 Å². The maximum Gasteiger partial charge on any atom is 0.404 e. The third kappa shape index (κ3) is 3.13. The van der Waals surface area contributed by atoms with Crippen LogP contribution in [-0.4, -0.2) is 16.3 Å². The van der Waals surface area contributed by atoms with Crippen LogP contribution >= 0.6 is 0 Å². The summed E-state index contributed by atoms with van der Waals surface area (Å²) in [6, 6.07) is 7.12. The Kier molecular flexibility index (Phi) is 3.28. The van der Waals surface area contributed by atoms with Crippen LogP contribution in [0, 0.1) is 0 Å². The minimum atomic E-state index is -1.05. The number of benzene rings is 1. The molecule has 13 heavy (non-hydrogen) atoms. The summed E-state index contributed by atoms with van der Waals surface area (Å²) in [7, 11) is 0. The highest BCUT2D eigenvalue weighted by molar-refractivity contribution is 5.64. The molecule has 0 heterocycles. The topological polar surface area (TPSA) is 69.6 Å². The molecule has 0 radical (unpaired) electrons. The highest BCUT2D eigenvalue weighted by Gasteiger charge is 1.97. The average Bonchev–Trinajstić information content (AvgIpc) is 2.15. The van der Waals surface area contributed by atoms with E-state index in [-0.39, 0.29) is 13.2 Å². The van der Waals surface area contributed by atoms with E-state index in [1.807, 2.05) is 0 Å². The van der Waals surface area contributed by atoms with Gasteiger partial charge in [-0.15, -0.1) is 0 Å². The first kappa shape index (κ1) is 9.54. The summed E-state index contributed by atoms with van der Waals surface area (Å²) >= 11 is 0. The molecule has 1 rings (SSSR count). The maximum absolute atomic E-state index is 10.2. The number of hydrogen-bond acceptors (Lipinski definition) is 2. The lowest BCUT2D eigenvalue weighted by atomic mass is 10.1. The summed E-state index contributed by atoms with van der Waals surface area (Å²) in [6.45, 7) is 0.240. The van der Waals surface area contributed by atoms with Gasteiger partial charge in [0.2, 0.25) is 0 Å². The third-order valence-electron chi connectivity index (χ3n) is 1.62. The molecule has 0 aromatic heterocycles. The van der Waals surface area contributed by atoms with E-state index < -0.39 is 6.09 Å². The molecular formula is C9H11NO3. The first-order chi connectivity index (χ1) is 6.22. The molecule has 4 heteroatoms. The first-order valence-electron chi connectivity index (χ1n) is 3.88. The predicted molar refractivity (Wildman–Crippen MR) is 47.2 cm³/mol. The zero-order chi connectivity index (χ0) is 9.68. The Hall–Kier alpha value is -1.55. The van der Waals surface area contributed by atoms with Crippen molar-refractivity contribution in [1.82, 2.24) is 5.32 Å². The number of aliphatic hydroxyl groups is 1. The normalized spacial score (nSPS) is 9.62. The van der Waals surface area contributed by atoms with Crippen molar-refractivity contribution in [2.75, 3.05) is 0 Å². The minimum absolute atomic E-state index is 0.0269. The van der Waals surface area contributed by atoms with Crippen molar-refractivity contribution in [2.24, 2.45) is 0 Å². The third-order valence-corrected chi connectivity index (χ3v) is 1.62. The smallest absolute Gasteiger partial charge is 0.404 e. The molecule has 0 aliphatic heterocycles. The number of amides is 1. The Morgan fingerprint density at radius 1 is 1.38 bits per heavy atom.